The van der Waals surface area contributed by atoms with Crippen molar-refractivity contribution in [2.24, 2.45) is 5.92 Å². The van der Waals surface area contributed by atoms with Crippen LogP contribution in [0.25, 0.3) is 0 Å². The molecule has 0 aliphatic heterocycles. The number of aromatic nitrogens is 2. The number of anilines is 2. The van der Waals surface area contributed by atoms with Gasteiger partial charge in [-0.1, -0.05) is 30.6 Å². The minimum absolute atomic E-state index is 0.217. The van der Waals surface area contributed by atoms with Crippen molar-refractivity contribution in [3.63, 3.8) is 0 Å². The van der Waals surface area contributed by atoms with Gasteiger partial charge in [-0.2, -0.15) is 0 Å². The summed E-state index contributed by atoms with van der Waals surface area (Å²) in [5.74, 6) is 0.921. The summed E-state index contributed by atoms with van der Waals surface area (Å²) < 4.78 is 10.9. The van der Waals surface area contributed by atoms with E-state index in [-0.39, 0.29) is 17.8 Å². The Labute approximate surface area is 190 Å². The Bertz CT molecular complexity index is 853. The Balaban J connectivity index is 1.66. The van der Waals surface area contributed by atoms with Gasteiger partial charge in [0, 0.05) is 12.6 Å². The molecular formula is C21H28N4O4S2. The number of hydrogen-bond donors (Lipinski definition) is 1. The monoisotopic (exact) mass is 464 g/mol. The number of ether oxygens (including phenoxy) is 2. The molecule has 3 rings (SSSR count). The van der Waals surface area contributed by atoms with Gasteiger partial charge in [0.05, 0.1) is 41.8 Å². The third-order valence-electron chi connectivity index (χ3n) is 4.99. The molecule has 1 N–H and O–H groups in total. The maximum absolute atomic E-state index is 13.1. The van der Waals surface area contributed by atoms with Crippen LogP contribution in [0.5, 0.6) is 5.88 Å². The predicted molar refractivity (Wildman–Crippen MR) is 123 cm³/mol. The van der Waals surface area contributed by atoms with Crippen LogP contribution in [0.15, 0.2) is 28.7 Å². The lowest BCUT2D eigenvalue weighted by Gasteiger charge is -2.29. The SMILES string of the molecule is CCOC(=O)CSc1cnc(NC(=O)N(CC2CCCCC2)c2ccc(OC)nc2)s1. The van der Waals surface area contributed by atoms with E-state index in [2.05, 4.69) is 15.3 Å². The van der Waals surface area contributed by atoms with Crippen LogP contribution in [0.2, 0.25) is 0 Å². The van der Waals surface area contributed by atoms with Crippen LogP contribution in [0.4, 0.5) is 15.6 Å². The fraction of sp³-hybridized carbons (Fsp3) is 0.524. The molecule has 1 aliphatic carbocycles. The van der Waals surface area contributed by atoms with Crippen LogP contribution in [0, 0.1) is 5.92 Å². The Morgan fingerprint density at radius 2 is 2.03 bits per heavy atom. The van der Waals surface area contributed by atoms with Crippen molar-refractivity contribution >= 4 is 45.9 Å². The van der Waals surface area contributed by atoms with Gasteiger partial charge in [0.25, 0.3) is 0 Å². The van der Waals surface area contributed by atoms with Crippen molar-refractivity contribution in [2.75, 3.05) is 36.2 Å². The maximum atomic E-state index is 13.1. The van der Waals surface area contributed by atoms with Crippen molar-refractivity contribution in [2.45, 2.75) is 43.2 Å². The Hall–Kier alpha value is -2.33. The number of rotatable bonds is 9. The van der Waals surface area contributed by atoms with E-state index < -0.39 is 0 Å². The fourth-order valence-corrected chi connectivity index (χ4v) is 5.12. The van der Waals surface area contributed by atoms with E-state index in [0.717, 1.165) is 22.7 Å². The quantitative estimate of drug-likeness (QED) is 0.420. The number of nitrogens with one attached hydrogen (secondary N) is 1. The number of methoxy groups -OCH3 is 1. The number of thioether (sulfide) groups is 1. The largest absolute Gasteiger partial charge is 0.481 e. The highest BCUT2D eigenvalue weighted by Gasteiger charge is 2.23. The van der Waals surface area contributed by atoms with Gasteiger partial charge in [-0.25, -0.2) is 14.8 Å². The first kappa shape index (κ1) is 23.3. The summed E-state index contributed by atoms with van der Waals surface area (Å²) >= 11 is 2.68. The molecule has 0 spiro atoms. The number of esters is 1. The zero-order valence-electron chi connectivity index (χ0n) is 17.8. The van der Waals surface area contributed by atoms with E-state index in [1.165, 1.54) is 42.4 Å². The van der Waals surface area contributed by atoms with E-state index >= 15 is 0 Å². The number of carbonyl (C=O) groups is 2. The topological polar surface area (TPSA) is 93.6 Å². The maximum Gasteiger partial charge on any atom is 0.328 e. The van der Waals surface area contributed by atoms with Gasteiger partial charge in [0.1, 0.15) is 0 Å². The van der Waals surface area contributed by atoms with Crippen molar-refractivity contribution in [1.82, 2.24) is 9.97 Å². The lowest BCUT2D eigenvalue weighted by atomic mass is 9.89. The molecular weight excluding hydrogens is 436 g/mol. The van der Waals surface area contributed by atoms with Crippen LogP contribution in [0.1, 0.15) is 39.0 Å². The minimum atomic E-state index is -0.267. The van der Waals surface area contributed by atoms with Gasteiger partial charge >= 0.3 is 12.0 Å². The molecule has 1 saturated carbocycles. The van der Waals surface area contributed by atoms with E-state index in [0.29, 0.717) is 30.1 Å². The van der Waals surface area contributed by atoms with Crippen LogP contribution in [-0.4, -0.2) is 48.0 Å². The summed E-state index contributed by atoms with van der Waals surface area (Å²) in [6, 6.07) is 3.36. The molecule has 0 bridgehead atoms. The van der Waals surface area contributed by atoms with Crippen molar-refractivity contribution in [3.05, 3.63) is 24.5 Å². The summed E-state index contributed by atoms with van der Waals surface area (Å²) in [7, 11) is 1.56. The number of thiazole rings is 1. The highest BCUT2D eigenvalue weighted by Crippen LogP contribution is 2.30. The average Bonchev–Trinajstić information content (AvgIpc) is 3.24. The molecule has 10 heteroatoms. The number of amides is 2. The first-order valence-electron chi connectivity index (χ1n) is 10.4. The first-order chi connectivity index (χ1) is 15.1. The van der Waals surface area contributed by atoms with Crippen molar-refractivity contribution < 1.29 is 19.1 Å². The Kier molecular flexibility index (Phi) is 8.96. The van der Waals surface area contributed by atoms with Gasteiger partial charge in [-0.05, 0) is 31.7 Å². The van der Waals surface area contributed by atoms with Crippen molar-refractivity contribution in [1.29, 1.82) is 0 Å². The number of carbonyl (C=O) groups excluding carboxylic acids is 2. The summed E-state index contributed by atoms with van der Waals surface area (Å²) in [5.41, 5.74) is 0.720. The third kappa shape index (κ3) is 7.10. The third-order valence-corrected chi connectivity index (χ3v) is 7.07. The van der Waals surface area contributed by atoms with E-state index in [1.807, 2.05) is 6.07 Å². The summed E-state index contributed by atoms with van der Waals surface area (Å²) in [6.07, 6.45) is 9.23. The van der Waals surface area contributed by atoms with E-state index in [9.17, 15) is 9.59 Å². The molecule has 0 unspecified atom stereocenters. The summed E-state index contributed by atoms with van der Waals surface area (Å²) in [5, 5.41) is 3.39. The van der Waals surface area contributed by atoms with E-state index in [4.69, 9.17) is 9.47 Å². The number of nitrogens with zero attached hydrogens (tertiary/aromatic N) is 3. The molecule has 0 atom stereocenters. The van der Waals surface area contributed by atoms with Crippen LogP contribution < -0.4 is 15.0 Å². The second-order valence-electron chi connectivity index (χ2n) is 7.18. The molecule has 0 saturated heterocycles. The number of urea groups is 1. The zero-order valence-corrected chi connectivity index (χ0v) is 19.5. The highest BCUT2D eigenvalue weighted by molar-refractivity contribution is 8.01. The fourth-order valence-electron chi connectivity index (χ4n) is 3.46. The molecule has 0 aromatic carbocycles. The molecule has 2 aromatic rings. The Morgan fingerprint density at radius 3 is 2.71 bits per heavy atom. The normalized spacial score (nSPS) is 14.1. The molecule has 2 aromatic heterocycles. The lowest BCUT2D eigenvalue weighted by molar-refractivity contribution is -0.139. The summed E-state index contributed by atoms with van der Waals surface area (Å²) in [4.78, 5) is 34.9. The van der Waals surface area contributed by atoms with Gasteiger partial charge < -0.3 is 9.47 Å². The molecule has 2 heterocycles. The molecule has 0 radical (unpaired) electrons. The smallest absolute Gasteiger partial charge is 0.328 e. The molecule has 1 aliphatic rings. The number of pyridine rings is 1. The second kappa shape index (κ2) is 11.9. The Morgan fingerprint density at radius 1 is 1.23 bits per heavy atom. The van der Waals surface area contributed by atoms with Gasteiger partial charge in [-0.3, -0.25) is 15.0 Å². The standard InChI is InChI=1S/C21H28N4O4S2/c1-3-29-18(26)14-30-19-12-23-20(31-19)24-21(27)25(13-15-7-5-4-6-8-15)16-9-10-17(28-2)22-11-16/h9-12,15H,3-8,13-14H2,1-2H3,(H,23,24,27). The summed E-state index contributed by atoms with van der Waals surface area (Å²) in [6.45, 7) is 2.77. The molecule has 2 amide bonds. The highest BCUT2D eigenvalue weighted by atomic mass is 32.2. The second-order valence-corrected chi connectivity index (χ2v) is 9.49. The number of hydrogen-bond acceptors (Lipinski definition) is 8. The molecule has 31 heavy (non-hydrogen) atoms. The molecule has 8 nitrogen and oxygen atoms in total. The predicted octanol–water partition coefficient (Wildman–Crippen LogP) is 4.82. The van der Waals surface area contributed by atoms with Gasteiger partial charge in [0.2, 0.25) is 5.88 Å². The minimum Gasteiger partial charge on any atom is -0.481 e. The molecule has 1 fully saturated rings. The van der Waals surface area contributed by atoms with E-state index in [1.54, 1.807) is 37.4 Å². The van der Waals surface area contributed by atoms with Crippen molar-refractivity contribution in [3.8, 4) is 5.88 Å². The van der Waals surface area contributed by atoms with Crippen LogP contribution >= 0.6 is 23.1 Å². The van der Waals surface area contributed by atoms with Gasteiger partial charge in [-0.15, -0.1) is 11.8 Å². The zero-order chi connectivity index (χ0) is 22.1. The first-order valence-corrected chi connectivity index (χ1v) is 12.2. The lowest BCUT2D eigenvalue weighted by Crippen LogP contribution is -2.39. The molecule has 168 valence electrons. The average molecular weight is 465 g/mol. The van der Waals surface area contributed by atoms with Crippen LogP contribution in [0.3, 0.4) is 0 Å². The van der Waals surface area contributed by atoms with Gasteiger partial charge in [0.15, 0.2) is 5.13 Å². The van der Waals surface area contributed by atoms with Crippen LogP contribution in [-0.2, 0) is 9.53 Å².